The Bertz CT molecular complexity index is 912. The molecule has 3 aromatic rings. The number of benzene rings is 2. The van der Waals surface area contributed by atoms with Crippen LogP contribution in [0.4, 0.5) is 0 Å². The third-order valence-corrected chi connectivity index (χ3v) is 3.91. The van der Waals surface area contributed by atoms with Gasteiger partial charge < -0.3 is 19.8 Å². The average Bonchev–Trinajstić information content (AvgIpc) is 2.98. The summed E-state index contributed by atoms with van der Waals surface area (Å²) in [6.45, 7) is 1.17. The minimum Gasteiger partial charge on any atom is -0.493 e. The van der Waals surface area contributed by atoms with E-state index in [4.69, 9.17) is 15.2 Å². The highest BCUT2D eigenvalue weighted by Gasteiger charge is 2.07. The smallest absolute Gasteiger partial charge is 0.241 e. The van der Waals surface area contributed by atoms with Gasteiger partial charge in [0.05, 0.1) is 13.7 Å². The largest absolute Gasteiger partial charge is 0.493 e. The number of primary amides is 1. The van der Waals surface area contributed by atoms with Crippen LogP contribution in [0.1, 0.15) is 5.56 Å². The number of fused-ring (bicyclic) bond motifs is 1. The van der Waals surface area contributed by atoms with E-state index in [2.05, 4.69) is 4.57 Å². The molecule has 0 aliphatic rings. The second kappa shape index (κ2) is 7.57. The fourth-order valence-electron chi connectivity index (χ4n) is 2.76. The van der Waals surface area contributed by atoms with Crippen molar-refractivity contribution >= 4 is 22.9 Å². The van der Waals surface area contributed by atoms with Gasteiger partial charge in [-0.2, -0.15) is 0 Å². The maximum Gasteiger partial charge on any atom is 0.241 e. The zero-order valence-electron chi connectivity index (χ0n) is 14.0. The first kappa shape index (κ1) is 16.6. The van der Waals surface area contributed by atoms with E-state index in [9.17, 15) is 4.79 Å². The molecule has 0 spiro atoms. The number of hydrogen-bond donors (Lipinski definition) is 1. The zero-order chi connectivity index (χ0) is 17.6. The molecule has 0 unspecified atom stereocenters. The molecule has 0 radical (unpaired) electrons. The zero-order valence-corrected chi connectivity index (χ0v) is 14.0. The van der Waals surface area contributed by atoms with Crippen molar-refractivity contribution in [3.63, 3.8) is 0 Å². The summed E-state index contributed by atoms with van der Waals surface area (Å²) in [5.74, 6) is 0.969. The van der Waals surface area contributed by atoms with Crippen molar-refractivity contribution in [1.82, 2.24) is 4.57 Å². The van der Waals surface area contributed by atoms with Gasteiger partial charge in [0.2, 0.25) is 5.91 Å². The van der Waals surface area contributed by atoms with Crippen LogP contribution >= 0.6 is 0 Å². The van der Waals surface area contributed by atoms with Gasteiger partial charge in [0.25, 0.3) is 0 Å². The van der Waals surface area contributed by atoms with Gasteiger partial charge >= 0.3 is 0 Å². The Labute approximate surface area is 146 Å². The van der Waals surface area contributed by atoms with Crippen LogP contribution in [-0.2, 0) is 11.3 Å². The van der Waals surface area contributed by atoms with Crippen molar-refractivity contribution in [2.75, 3.05) is 13.7 Å². The van der Waals surface area contributed by atoms with Crippen molar-refractivity contribution in [2.45, 2.75) is 6.54 Å². The lowest BCUT2D eigenvalue weighted by molar-refractivity contribution is -0.113. The summed E-state index contributed by atoms with van der Waals surface area (Å²) in [5.41, 5.74) is 7.23. The van der Waals surface area contributed by atoms with Crippen LogP contribution in [0.15, 0.2) is 60.8 Å². The normalized spacial score (nSPS) is 11.1. The fraction of sp³-hybridized carbons (Fsp3) is 0.150. The summed E-state index contributed by atoms with van der Waals surface area (Å²) in [6.07, 6.45) is 5.11. The number of aromatic nitrogens is 1. The number of methoxy groups -OCH3 is 1. The summed E-state index contributed by atoms with van der Waals surface area (Å²) in [5, 5.41) is 1.07. The number of nitrogens with zero attached hydrogens (tertiary/aromatic N) is 1. The van der Waals surface area contributed by atoms with E-state index in [0.717, 1.165) is 22.2 Å². The maximum atomic E-state index is 11.0. The Morgan fingerprint density at radius 3 is 2.60 bits per heavy atom. The summed E-state index contributed by atoms with van der Waals surface area (Å²) in [4.78, 5) is 11.0. The van der Waals surface area contributed by atoms with Gasteiger partial charge in [-0.05, 0) is 24.3 Å². The van der Waals surface area contributed by atoms with Gasteiger partial charge in [-0.1, -0.05) is 30.3 Å². The van der Waals surface area contributed by atoms with Gasteiger partial charge in [0.1, 0.15) is 6.61 Å². The van der Waals surface area contributed by atoms with Crippen LogP contribution in [0.3, 0.4) is 0 Å². The van der Waals surface area contributed by atoms with E-state index in [0.29, 0.717) is 18.9 Å². The Hall–Kier alpha value is -3.21. The lowest BCUT2D eigenvalue weighted by Gasteiger charge is -2.11. The Morgan fingerprint density at radius 1 is 1.12 bits per heavy atom. The van der Waals surface area contributed by atoms with Crippen molar-refractivity contribution in [3.8, 4) is 11.5 Å². The van der Waals surface area contributed by atoms with Crippen LogP contribution in [-0.4, -0.2) is 24.2 Å². The Morgan fingerprint density at radius 2 is 1.84 bits per heavy atom. The predicted octanol–water partition coefficient (Wildman–Crippen LogP) is 3.23. The summed E-state index contributed by atoms with van der Waals surface area (Å²) in [7, 11) is 1.62. The number of carbonyl (C=O) groups excluding carboxylic acids is 1. The first-order valence-electron chi connectivity index (χ1n) is 8.00. The molecule has 1 aromatic heterocycles. The molecule has 0 fully saturated rings. The molecule has 2 N–H and O–H groups in total. The summed E-state index contributed by atoms with van der Waals surface area (Å²) in [6, 6.07) is 15.6. The van der Waals surface area contributed by atoms with Crippen molar-refractivity contribution in [3.05, 3.63) is 66.4 Å². The SMILES string of the molecule is COc1ccccc1OCCn1cc(/C=C\C(N)=O)c2ccccc21. The molecule has 2 aromatic carbocycles. The minimum absolute atomic E-state index is 0.462. The van der Waals surface area contributed by atoms with E-state index >= 15 is 0 Å². The molecule has 5 nitrogen and oxygen atoms in total. The van der Waals surface area contributed by atoms with Gasteiger partial charge in [-0.3, -0.25) is 4.79 Å². The molecule has 1 amide bonds. The van der Waals surface area contributed by atoms with Crippen molar-refractivity contribution in [1.29, 1.82) is 0 Å². The van der Waals surface area contributed by atoms with Gasteiger partial charge in [-0.25, -0.2) is 0 Å². The van der Waals surface area contributed by atoms with Gasteiger partial charge in [-0.15, -0.1) is 0 Å². The van der Waals surface area contributed by atoms with Crippen LogP contribution in [0.2, 0.25) is 0 Å². The monoisotopic (exact) mass is 336 g/mol. The first-order valence-corrected chi connectivity index (χ1v) is 8.00. The molecule has 0 saturated heterocycles. The molecular weight excluding hydrogens is 316 g/mol. The summed E-state index contributed by atoms with van der Waals surface area (Å²) < 4.78 is 13.2. The van der Waals surface area contributed by atoms with Crippen molar-refractivity contribution in [2.24, 2.45) is 5.73 Å². The molecule has 1 heterocycles. The van der Waals surface area contributed by atoms with E-state index < -0.39 is 5.91 Å². The standard InChI is InChI=1S/C20H20N2O3/c1-24-18-8-4-5-9-19(18)25-13-12-22-14-15(10-11-20(21)23)16-6-2-3-7-17(16)22/h2-11,14H,12-13H2,1H3,(H2,21,23)/b11-10-. The number of ether oxygens (including phenoxy) is 2. The number of hydrogen-bond acceptors (Lipinski definition) is 3. The van der Waals surface area contributed by atoms with E-state index in [1.165, 1.54) is 6.08 Å². The number of carbonyl (C=O) groups is 1. The molecule has 5 heteroatoms. The van der Waals surface area contributed by atoms with Crippen LogP contribution < -0.4 is 15.2 Å². The van der Waals surface area contributed by atoms with E-state index in [1.807, 2.05) is 54.7 Å². The molecule has 25 heavy (non-hydrogen) atoms. The van der Waals surface area contributed by atoms with E-state index in [1.54, 1.807) is 13.2 Å². The summed E-state index contributed by atoms with van der Waals surface area (Å²) >= 11 is 0. The van der Waals surface area contributed by atoms with Crippen LogP contribution in [0.25, 0.3) is 17.0 Å². The van der Waals surface area contributed by atoms with Crippen molar-refractivity contribution < 1.29 is 14.3 Å². The van der Waals surface area contributed by atoms with Gasteiger partial charge in [0, 0.05) is 28.7 Å². The highest BCUT2D eigenvalue weighted by atomic mass is 16.5. The Kier molecular flexibility index (Phi) is 5.04. The fourth-order valence-corrected chi connectivity index (χ4v) is 2.76. The lowest BCUT2D eigenvalue weighted by Crippen LogP contribution is -2.07. The number of rotatable bonds is 7. The molecule has 0 atom stereocenters. The highest BCUT2D eigenvalue weighted by Crippen LogP contribution is 2.26. The Balaban J connectivity index is 1.78. The topological polar surface area (TPSA) is 66.5 Å². The second-order valence-corrected chi connectivity index (χ2v) is 5.53. The number of nitrogens with two attached hydrogens (primary N) is 1. The quantitative estimate of drug-likeness (QED) is 0.674. The molecule has 0 bridgehead atoms. The maximum absolute atomic E-state index is 11.0. The second-order valence-electron chi connectivity index (χ2n) is 5.53. The van der Waals surface area contributed by atoms with E-state index in [-0.39, 0.29) is 0 Å². The molecule has 0 aliphatic heterocycles. The predicted molar refractivity (Wildman–Crippen MR) is 98.7 cm³/mol. The molecule has 0 aliphatic carbocycles. The number of para-hydroxylation sites is 3. The third-order valence-electron chi connectivity index (χ3n) is 3.91. The van der Waals surface area contributed by atoms with Gasteiger partial charge in [0.15, 0.2) is 11.5 Å². The minimum atomic E-state index is -0.462. The van der Waals surface area contributed by atoms with Crippen LogP contribution in [0.5, 0.6) is 11.5 Å². The average molecular weight is 336 g/mol. The van der Waals surface area contributed by atoms with Crippen LogP contribution in [0, 0.1) is 0 Å². The lowest BCUT2D eigenvalue weighted by atomic mass is 10.1. The first-order chi connectivity index (χ1) is 12.2. The third kappa shape index (κ3) is 3.83. The molecule has 0 saturated carbocycles. The number of amides is 1. The highest BCUT2D eigenvalue weighted by molar-refractivity contribution is 5.95. The molecule has 128 valence electrons. The molecule has 3 rings (SSSR count). The molecular formula is C20H20N2O3.